The number of pyridine rings is 1. The van der Waals surface area contributed by atoms with Gasteiger partial charge in [-0.15, -0.1) is 0 Å². The number of rotatable bonds is 3. The summed E-state index contributed by atoms with van der Waals surface area (Å²) in [5.74, 6) is 0.291. The van der Waals surface area contributed by atoms with Gasteiger partial charge >= 0.3 is 0 Å². The Balaban J connectivity index is 2.15. The number of hydrogen-bond donors (Lipinski definition) is 0. The van der Waals surface area contributed by atoms with Crippen LogP contribution in [0, 0.1) is 0 Å². The molecule has 0 bridgehead atoms. The number of amides is 1. The van der Waals surface area contributed by atoms with E-state index in [1.54, 1.807) is 6.07 Å². The largest absolute Gasteiger partial charge is 0.339 e. The van der Waals surface area contributed by atoms with Crippen molar-refractivity contribution in [1.29, 1.82) is 0 Å². The minimum absolute atomic E-state index is 0.0377. The highest BCUT2D eigenvalue weighted by Gasteiger charge is 2.25. The van der Waals surface area contributed by atoms with Gasteiger partial charge in [0.25, 0.3) is 5.91 Å². The molecule has 0 aliphatic carbocycles. The molecule has 0 aromatic carbocycles. The van der Waals surface area contributed by atoms with Crippen molar-refractivity contribution in [3.63, 3.8) is 0 Å². The van der Waals surface area contributed by atoms with E-state index in [2.05, 4.69) is 16.9 Å². The molecule has 0 N–H and O–H groups in total. The second-order valence-electron chi connectivity index (χ2n) is 6.21. The second-order valence-corrected chi connectivity index (χ2v) is 6.60. The summed E-state index contributed by atoms with van der Waals surface area (Å²) in [7, 11) is 4.01. The summed E-state index contributed by atoms with van der Waals surface area (Å²) in [6.07, 6.45) is 2.04. The number of carbonyl (C=O) groups is 1. The summed E-state index contributed by atoms with van der Waals surface area (Å²) in [6.45, 7) is 6.18. The van der Waals surface area contributed by atoms with Crippen LogP contribution in [0.25, 0.3) is 0 Å². The molecule has 0 unspecified atom stereocenters. The molecule has 4 nitrogen and oxygen atoms in total. The first-order chi connectivity index (χ1) is 9.88. The van der Waals surface area contributed by atoms with Gasteiger partial charge in [-0.05, 0) is 51.0 Å². The standard InChI is InChI=1S/C16H24ClN3O/c1-11(2)14-9-12(10-15(17)18-14)16(21)20(4)13-5-7-19(3)8-6-13/h9-11,13H,5-8H2,1-4H3. The first-order valence-corrected chi connectivity index (χ1v) is 7.89. The highest BCUT2D eigenvalue weighted by molar-refractivity contribution is 6.29. The Morgan fingerprint density at radius 1 is 1.38 bits per heavy atom. The van der Waals surface area contributed by atoms with Gasteiger partial charge in [0, 0.05) is 24.3 Å². The quantitative estimate of drug-likeness (QED) is 0.805. The summed E-state index contributed by atoms with van der Waals surface area (Å²) in [4.78, 5) is 21.1. The maximum atomic E-state index is 12.7. The lowest BCUT2D eigenvalue weighted by molar-refractivity contribution is 0.0659. The number of aromatic nitrogens is 1. The Morgan fingerprint density at radius 3 is 2.57 bits per heavy atom. The molecule has 116 valence electrons. The fraction of sp³-hybridized carbons (Fsp3) is 0.625. The third-order valence-corrected chi connectivity index (χ3v) is 4.40. The zero-order valence-electron chi connectivity index (χ0n) is 13.3. The fourth-order valence-corrected chi connectivity index (χ4v) is 2.90. The van der Waals surface area contributed by atoms with Crippen LogP contribution in [0.3, 0.4) is 0 Å². The number of likely N-dealkylation sites (tertiary alicyclic amines) is 1. The smallest absolute Gasteiger partial charge is 0.254 e. The van der Waals surface area contributed by atoms with E-state index in [0.29, 0.717) is 16.8 Å². The van der Waals surface area contributed by atoms with Gasteiger partial charge in [0.1, 0.15) is 5.15 Å². The summed E-state index contributed by atoms with van der Waals surface area (Å²) in [6, 6.07) is 3.84. The fourth-order valence-electron chi connectivity index (χ4n) is 2.69. The summed E-state index contributed by atoms with van der Waals surface area (Å²) in [5.41, 5.74) is 1.50. The van der Waals surface area contributed by atoms with Crippen LogP contribution < -0.4 is 0 Å². The molecule has 0 saturated carbocycles. The van der Waals surface area contributed by atoms with Crippen LogP contribution in [-0.2, 0) is 0 Å². The van der Waals surface area contributed by atoms with Gasteiger partial charge in [0.05, 0.1) is 0 Å². The van der Waals surface area contributed by atoms with Gasteiger partial charge in [-0.1, -0.05) is 25.4 Å². The molecule has 1 saturated heterocycles. The van der Waals surface area contributed by atoms with E-state index in [1.165, 1.54) is 0 Å². The molecule has 1 fully saturated rings. The van der Waals surface area contributed by atoms with Crippen molar-refractivity contribution in [3.05, 3.63) is 28.5 Å². The lowest BCUT2D eigenvalue weighted by Crippen LogP contribution is -2.44. The van der Waals surface area contributed by atoms with Gasteiger partial charge in [-0.25, -0.2) is 4.98 Å². The lowest BCUT2D eigenvalue weighted by Gasteiger charge is -2.35. The molecule has 0 atom stereocenters. The highest BCUT2D eigenvalue weighted by Crippen LogP contribution is 2.21. The Kier molecular flexibility index (Phi) is 5.22. The van der Waals surface area contributed by atoms with E-state index >= 15 is 0 Å². The molecule has 0 radical (unpaired) electrons. The Labute approximate surface area is 132 Å². The second kappa shape index (κ2) is 6.75. The van der Waals surface area contributed by atoms with E-state index in [-0.39, 0.29) is 11.8 Å². The average molecular weight is 310 g/mol. The monoisotopic (exact) mass is 309 g/mol. The number of piperidine rings is 1. The molecular formula is C16H24ClN3O. The first kappa shape index (κ1) is 16.2. The number of halogens is 1. The summed E-state index contributed by atoms with van der Waals surface area (Å²) >= 11 is 6.06. The Bertz CT molecular complexity index is 510. The van der Waals surface area contributed by atoms with Crippen LogP contribution in [0.1, 0.15) is 48.7 Å². The van der Waals surface area contributed by atoms with Gasteiger partial charge in [0.2, 0.25) is 0 Å². The van der Waals surface area contributed by atoms with Crippen molar-refractivity contribution in [2.45, 2.75) is 38.6 Å². The van der Waals surface area contributed by atoms with Crippen molar-refractivity contribution < 1.29 is 4.79 Å². The van der Waals surface area contributed by atoms with Crippen LogP contribution in [0.15, 0.2) is 12.1 Å². The molecule has 1 aliphatic rings. The third-order valence-electron chi connectivity index (χ3n) is 4.21. The lowest BCUT2D eigenvalue weighted by atomic mass is 10.0. The maximum absolute atomic E-state index is 12.7. The molecule has 2 rings (SSSR count). The van der Waals surface area contributed by atoms with Crippen molar-refractivity contribution in [3.8, 4) is 0 Å². The summed E-state index contributed by atoms with van der Waals surface area (Å²) in [5, 5.41) is 0.390. The van der Waals surface area contributed by atoms with E-state index in [4.69, 9.17) is 11.6 Å². The van der Waals surface area contributed by atoms with E-state index < -0.39 is 0 Å². The van der Waals surface area contributed by atoms with Gasteiger partial charge in [-0.3, -0.25) is 4.79 Å². The predicted molar refractivity (Wildman–Crippen MR) is 85.9 cm³/mol. The minimum Gasteiger partial charge on any atom is -0.339 e. The van der Waals surface area contributed by atoms with Crippen LogP contribution in [0.5, 0.6) is 0 Å². The molecule has 1 aromatic heterocycles. The van der Waals surface area contributed by atoms with Gasteiger partial charge in [-0.2, -0.15) is 0 Å². The van der Waals surface area contributed by atoms with Crippen LogP contribution >= 0.6 is 11.6 Å². The average Bonchev–Trinajstić information content (AvgIpc) is 2.45. The van der Waals surface area contributed by atoms with Crippen molar-refractivity contribution in [2.24, 2.45) is 0 Å². The summed E-state index contributed by atoms with van der Waals surface area (Å²) < 4.78 is 0. The molecule has 0 spiro atoms. The zero-order chi connectivity index (χ0) is 15.6. The first-order valence-electron chi connectivity index (χ1n) is 7.51. The minimum atomic E-state index is 0.0377. The third kappa shape index (κ3) is 3.95. The Morgan fingerprint density at radius 2 is 2.00 bits per heavy atom. The number of hydrogen-bond acceptors (Lipinski definition) is 3. The van der Waals surface area contributed by atoms with Crippen molar-refractivity contribution in [1.82, 2.24) is 14.8 Å². The normalized spacial score (nSPS) is 17.2. The molecule has 1 aliphatic heterocycles. The van der Waals surface area contributed by atoms with Crippen molar-refractivity contribution in [2.75, 3.05) is 27.2 Å². The highest BCUT2D eigenvalue weighted by atomic mass is 35.5. The number of carbonyl (C=O) groups excluding carboxylic acids is 1. The topological polar surface area (TPSA) is 36.4 Å². The van der Waals surface area contributed by atoms with Crippen molar-refractivity contribution >= 4 is 17.5 Å². The zero-order valence-corrected chi connectivity index (χ0v) is 14.0. The van der Waals surface area contributed by atoms with E-state index in [0.717, 1.165) is 31.6 Å². The van der Waals surface area contributed by atoms with Crippen LogP contribution in [0.4, 0.5) is 0 Å². The Hall–Kier alpha value is -1.13. The van der Waals surface area contributed by atoms with Crippen LogP contribution in [-0.4, -0.2) is 53.9 Å². The van der Waals surface area contributed by atoms with E-state index in [1.807, 2.05) is 31.9 Å². The molecule has 5 heteroatoms. The number of nitrogens with zero attached hydrogens (tertiary/aromatic N) is 3. The predicted octanol–water partition coefficient (Wildman–Crippen LogP) is 3.02. The molecule has 21 heavy (non-hydrogen) atoms. The van der Waals surface area contributed by atoms with Crippen LogP contribution in [0.2, 0.25) is 5.15 Å². The molecule has 1 amide bonds. The van der Waals surface area contributed by atoms with Gasteiger partial charge < -0.3 is 9.80 Å². The molecule has 1 aromatic rings. The molecular weight excluding hydrogens is 286 g/mol. The molecule has 2 heterocycles. The SMILES string of the molecule is CC(C)c1cc(C(=O)N(C)C2CCN(C)CC2)cc(Cl)n1. The maximum Gasteiger partial charge on any atom is 0.254 e. The van der Waals surface area contributed by atoms with Gasteiger partial charge in [0.15, 0.2) is 0 Å². The van der Waals surface area contributed by atoms with E-state index in [9.17, 15) is 4.79 Å².